The first-order chi connectivity index (χ1) is 14.5. The molecule has 0 unspecified atom stereocenters. The van der Waals surface area contributed by atoms with E-state index in [4.69, 9.17) is 14.2 Å². The molecule has 0 atom stereocenters. The van der Waals surface area contributed by atoms with E-state index >= 15 is 0 Å². The van der Waals surface area contributed by atoms with E-state index in [0.717, 1.165) is 17.1 Å². The van der Waals surface area contributed by atoms with E-state index in [-0.39, 0.29) is 0 Å². The van der Waals surface area contributed by atoms with E-state index in [2.05, 4.69) is 20.0 Å². The number of ether oxygens (including phenoxy) is 3. The largest absolute Gasteiger partial charge is 0.497 e. The topological polar surface area (TPSA) is 112 Å². The predicted molar refractivity (Wildman–Crippen MR) is 116 cm³/mol. The van der Waals surface area contributed by atoms with Crippen molar-refractivity contribution in [2.45, 2.75) is 6.92 Å². The zero-order valence-corrected chi connectivity index (χ0v) is 18.4. The fraction of sp³-hybridized carbons (Fsp3) is 0.263. The molecule has 11 heteroatoms. The van der Waals surface area contributed by atoms with E-state index in [1.807, 2.05) is 0 Å². The number of methoxy groups -OCH3 is 2. The minimum absolute atomic E-state index is 0.331. The van der Waals surface area contributed by atoms with Gasteiger partial charge in [0.1, 0.15) is 22.1 Å². The maximum absolute atomic E-state index is 12.3. The van der Waals surface area contributed by atoms with Gasteiger partial charge in [0.2, 0.25) is 0 Å². The number of esters is 1. The van der Waals surface area contributed by atoms with Gasteiger partial charge in [-0.25, -0.2) is 9.78 Å². The number of amides is 1. The smallest absolute Gasteiger partial charge is 0.343 e. The van der Waals surface area contributed by atoms with Gasteiger partial charge in [-0.15, -0.1) is 11.3 Å². The molecule has 0 aliphatic carbocycles. The number of hydrogen-bond acceptors (Lipinski definition) is 10. The standard InChI is InChI=1S/C19H20N4O5S2/c1-10-16(17(20-2)30-23-10)18(25)28-8-15(24)22-19-21-13(9-29-19)12-7-11(26-3)5-6-14(12)27-4/h5-7,9,20H,8H2,1-4H3,(H,21,22,24). The van der Waals surface area contributed by atoms with Crippen LogP contribution in [0.15, 0.2) is 23.6 Å². The van der Waals surface area contributed by atoms with E-state index in [0.29, 0.717) is 38.6 Å². The molecule has 0 aliphatic rings. The van der Waals surface area contributed by atoms with Gasteiger partial charge in [0.05, 0.1) is 25.6 Å². The van der Waals surface area contributed by atoms with Crippen molar-refractivity contribution in [1.29, 1.82) is 0 Å². The van der Waals surface area contributed by atoms with Gasteiger partial charge in [0.15, 0.2) is 11.7 Å². The lowest BCUT2D eigenvalue weighted by molar-refractivity contribution is -0.119. The number of thiazole rings is 1. The van der Waals surface area contributed by atoms with E-state index in [1.54, 1.807) is 51.8 Å². The zero-order chi connectivity index (χ0) is 21.7. The van der Waals surface area contributed by atoms with Gasteiger partial charge < -0.3 is 19.5 Å². The molecule has 0 fully saturated rings. The monoisotopic (exact) mass is 448 g/mol. The molecule has 0 saturated heterocycles. The molecule has 1 aromatic carbocycles. The lowest BCUT2D eigenvalue weighted by Gasteiger charge is -2.08. The Morgan fingerprint density at radius 3 is 2.70 bits per heavy atom. The summed E-state index contributed by atoms with van der Waals surface area (Å²) >= 11 is 2.41. The summed E-state index contributed by atoms with van der Waals surface area (Å²) < 4.78 is 19.9. The summed E-state index contributed by atoms with van der Waals surface area (Å²) in [6.45, 7) is 1.27. The Labute approximate surface area is 181 Å². The molecule has 0 bridgehead atoms. The van der Waals surface area contributed by atoms with Crippen LogP contribution in [0.2, 0.25) is 0 Å². The minimum atomic E-state index is -0.610. The summed E-state index contributed by atoms with van der Waals surface area (Å²) in [5.41, 5.74) is 2.24. The van der Waals surface area contributed by atoms with Crippen molar-refractivity contribution in [3.8, 4) is 22.8 Å². The predicted octanol–water partition coefficient (Wildman–Crippen LogP) is 3.43. The third-order valence-electron chi connectivity index (χ3n) is 4.06. The fourth-order valence-corrected chi connectivity index (χ4v) is 4.07. The molecular formula is C19H20N4O5S2. The first kappa shape index (κ1) is 21.5. The molecule has 3 aromatic rings. The lowest BCUT2D eigenvalue weighted by Crippen LogP contribution is -2.21. The number of benzene rings is 1. The van der Waals surface area contributed by atoms with Gasteiger partial charge in [0, 0.05) is 18.0 Å². The highest BCUT2D eigenvalue weighted by atomic mass is 32.1. The van der Waals surface area contributed by atoms with Crippen LogP contribution in [0, 0.1) is 6.92 Å². The third-order valence-corrected chi connectivity index (χ3v) is 5.78. The molecule has 9 nitrogen and oxygen atoms in total. The molecule has 0 spiro atoms. The molecular weight excluding hydrogens is 428 g/mol. The second kappa shape index (κ2) is 9.55. The van der Waals surface area contributed by atoms with Crippen LogP contribution < -0.4 is 20.1 Å². The highest BCUT2D eigenvalue weighted by Gasteiger charge is 2.20. The Morgan fingerprint density at radius 2 is 2.00 bits per heavy atom. The maximum atomic E-state index is 12.3. The molecule has 2 N–H and O–H groups in total. The second-order valence-corrected chi connectivity index (χ2v) is 7.58. The number of nitrogens with one attached hydrogen (secondary N) is 2. The van der Waals surface area contributed by atoms with E-state index in [9.17, 15) is 9.59 Å². The average Bonchev–Trinajstić information content (AvgIpc) is 3.37. The number of anilines is 2. The summed E-state index contributed by atoms with van der Waals surface area (Å²) in [5, 5.41) is 8.28. The molecule has 3 rings (SSSR count). The highest BCUT2D eigenvalue weighted by Crippen LogP contribution is 2.35. The van der Waals surface area contributed by atoms with Crippen LogP contribution in [-0.2, 0) is 9.53 Å². The van der Waals surface area contributed by atoms with Crippen LogP contribution in [0.25, 0.3) is 11.3 Å². The molecule has 2 heterocycles. The van der Waals surface area contributed by atoms with Crippen molar-refractivity contribution in [3.05, 3.63) is 34.8 Å². The summed E-state index contributed by atoms with van der Waals surface area (Å²) in [6.07, 6.45) is 0. The number of carbonyl (C=O) groups excluding carboxylic acids is 2. The SMILES string of the molecule is CNc1snc(C)c1C(=O)OCC(=O)Nc1nc(-c2cc(OC)ccc2OC)cs1. The number of carbonyl (C=O) groups is 2. The summed E-state index contributed by atoms with van der Waals surface area (Å²) in [4.78, 5) is 28.9. The van der Waals surface area contributed by atoms with Crippen LogP contribution in [-0.4, -0.2) is 49.1 Å². The highest BCUT2D eigenvalue weighted by molar-refractivity contribution is 7.14. The summed E-state index contributed by atoms with van der Waals surface area (Å²) in [7, 11) is 4.83. The van der Waals surface area contributed by atoms with Crippen molar-refractivity contribution in [1.82, 2.24) is 9.36 Å². The van der Waals surface area contributed by atoms with Gasteiger partial charge in [-0.3, -0.25) is 10.1 Å². The summed E-state index contributed by atoms with van der Waals surface area (Å²) in [6, 6.07) is 5.37. The Bertz CT molecular complexity index is 1060. The molecule has 158 valence electrons. The van der Waals surface area contributed by atoms with Crippen LogP contribution in [0.4, 0.5) is 10.1 Å². The third kappa shape index (κ3) is 4.69. The molecule has 2 aromatic heterocycles. The van der Waals surface area contributed by atoms with Gasteiger partial charge in [-0.05, 0) is 36.7 Å². The van der Waals surface area contributed by atoms with Gasteiger partial charge in [0.25, 0.3) is 5.91 Å². The Balaban J connectivity index is 1.64. The maximum Gasteiger partial charge on any atom is 0.343 e. The molecule has 0 saturated carbocycles. The van der Waals surface area contributed by atoms with Gasteiger partial charge in [-0.2, -0.15) is 4.37 Å². The van der Waals surface area contributed by atoms with Crippen molar-refractivity contribution < 1.29 is 23.8 Å². The van der Waals surface area contributed by atoms with Gasteiger partial charge >= 0.3 is 5.97 Å². The van der Waals surface area contributed by atoms with Gasteiger partial charge in [-0.1, -0.05) is 0 Å². The van der Waals surface area contributed by atoms with Crippen LogP contribution in [0.5, 0.6) is 11.5 Å². The zero-order valence-electron chi connectivity index (χ0n) is 16.8. The van der Waals surface area contributed by atoms with E-state index < -0.39 is 18.5 Å². The van der Waals surface area contributed by atoms with E-state index in [1.165, 1.54) is 11.3 Å². The van der Waals surface area contributed by atoms with Crippen molar-refractivity contribution in [3.63, 3.8) is 0 Å². The molecule has 30 heavy (non-hydrogen) atoms. The summed E-state index contributed by atoms with van der Waals surface area (Å²) in [5.74, 6) is 0.193. The van der Waals surface area contributed by atoms with Crippen LogP contribution in [0.3, 0.4) is 0 Å². The minimum Gasteiger partial charge on any atom is -0.497 e. The Morgan fingerprint density at radius 1 is 1.20 bits per heavy atom. The normalized spacial score (nSPS) is 10.4. The Hall–Kier alpha value is -3.18. The van der Waals surface area contributed by atoms with Crippen molar-refractivity contribution >= 4 is 44.9 Å². The number of hydrogen-bond donors (Lipinski definition) is 2. The number of rotatable bonds is 8. The first-order valence-corrected chi connectivity index (χ1v) is 10.4. The Kier molecular flexibility index (Phi) is 6.85. The second-order valence-electron chi connectivity index (χ2n) is 5.95. The van der Waals surface area contributed by atoms with Crippen LogP contribution >= 0.6 is 22.9 Å². The average molecular weight is 449 g/mol. The molecule has 0 radical (unpaired) electrons. The quantitative estimate of drug-likeness (QED) is 0.504. The fourth-order valence-electron chi connectivity index (χ4n) is 2.61. The van der Waals surface area contributed by atoms with Crippen molar-refractivity contribution in [2.24, 2.45) is 0 Å². The van der Waals surface area contributed by atoms with Crippen LogP contribution in [0.1, 0.15) is 16.1 Å². The number of nitrogens with zero attached hydrogens (tertiary/aromatic N) is 2. The first-order valence-electron chi connectivity index (χ1n) is 8.75. The number of aryl methyl sites for hydroxylation is 1. The van der Waals surface area contributed by atoms with Crippen molar-refractivity contribution in [2.75, 3.05) is 38.5 Å². The molecule has 0 aliphatic heterocycles. The number of aromatic nitrogens is 2. The lowest BCUT2D eigenvalue weighted by atomic mass is 10.1. The molecule has 1 amide bonds.